The highest BCUT2D eigenvalue weighted by atomic mass is 79.9. The van der Waals surface area contributed by atoms with E-state index < -0.39 is 0 Å². The molecule has 0 saturated carbocycles. The second kappa shape index (κ2) is 5.79. The van der Waals surface area contributed by atoms with Crippen LogP contribution < -0.4 is 15.4 Å². The minimum absolute atomic E-state index is 0.161. The van der Waals surface area contributed by atoms with E-state index in [1.54, 1.807) is 13.1 Å². The van der Waals surface area contributed by atoms with E-state index in [1.165, 1.54) is 19.2 Å². The van der Waals surface area contributed by atoms with Crippen LogP contribution in [0.25, 0.3) is 0 Å². The molecule has 0 saturated heterocycles. The number of nitrogens with one attached hydrogen (secondary N) is 2. The minimum atomic E-state index is -0.361. The van der Waals surface area contributed by atoms with E-state index in [9.17, 15) is 4.39 Å². The van der Waals surface area contributed by atoms with Crippen LogP contribution in [0.5, 0.6) is 6.01 Å². The van der Waals surface area contributed by atoms with Crippen molar-refractivity contribution in [2.45, 2.75) is 0 Å². The Morgan fingerprint density at radius 1 is 1.21 bits per heavy atom. The number of hydrogen-bond acceptors (Lipinski definition) is 6. The molecule has 2 aromatic rings. The number of nitrogens with zero attached hydrogens (tertiary/aromatic N) is 3. The van der Waals surface area contributed by atoms with Gasteiger partial charge in [-0.1, -0.05) is 0 Å². The minimum Gasteiger partial charge on any atom is -0.467 e. The molecule has 0 unspecified atom stereocenters. The lowest BCUT2D eigenvalue weighted by Gasteiger charge is -2.09. The van der Waals surface area contributed by atoms with Crippen molar-refractivity contribution in [3.05, 3.63) is 28.5 Å². The van der Waals surface area contributed by atoms with Crippen molar-refractivity contribution in [1.29, 1.82) is 0 Å². The molecule has 0 bridgehead atoms. The lowest BCUT2D eigenvalue weighted by atomic mass is 10.3. The Labute approximate surface area is 117 Å². The molecular weight excluding hydrogens is 317 g/mol. The quantitative estimate of drug-likeness (QED) is 0.899. The molecule has 0 spiro atoms. The van der Waals surface area contributed by atoms with Crippen LogP contribution in [-0.4, -0.2) is 29.1 Å². The van der Waals surface area contributed by atoms with Gasteiger partial charge in [0.1, 0.15) is 5.82 Å². The zero-order valence-corrected chi connectivity index (χ0v) is 11.8. The van der Waals surface area contributed by atoms with E-state index in [-0.39, 0.29) is 17.8 Å². The third-order valence-corrected chi connectivity index (χ3v) is 2.89. The summed E-state index contributed by atoms with van der Waals surface area (Å²) < 4.78 is 18.8. The summed E-state index contributed by atoms with van der Waals surface area (Å²) >= 11 is 3.31. The Balaban J connectivity index is 2.34. The number of aromatic nitrogens is 3. The summed E-state index contributed by atoms with van der Waals surface area (Å²) in [5.74, 6) is 0.241. The van der Waals surface area contributed by atoms with E-state index in [0.29, 0.717) is 16.1 Å². The molecule has 1 aromatic heterocycles. The van der Waals surface area contributed by atoms with Crippen molar-refractivity contribution >= 4 is 33.5 Å². The fourth-order valence-electron chi connectivity index (χ4n) is 1.33. The van der Waals surface area contributed by atoms with Gasteiger partial charge in [0.15, 0.2) is 0 Å². The van der Waals surface area contributed by atoms with Gasteiger partial charge in [0.25, 0.3) is 0 Å². The van der Waals surface area contributed by atoms with Crippen LogP contribution in [0.15, 0.2) is 22.7 Å². The Bertz CT molecular complexity index is 573. The van der Waals surface area contributed by atoms with Crippen molar-refractivity contribution in [1.82, 2.24) is 15.0 Å². The standard InChI is InChI=1S/C11H11BrFN5O/c1-14-9-16-10(18-11(17-9)19-2)15-8-5-6(13)3-4-7(8)12/h3-5H,1-2H3,(H2,14,15,16,17,18). The maximum atomic E-state index is 13.2. The molecule has 6 nitrogen and oxygen atoms in total. The van der Waals surface area contributed by atoms with Gasteiger partial charge in [-0.05, 0) is 34.1 Å². The molecule has 8 heteroatoms. The van der Waals surface area contributed by atoms with Gasteiger partial charge in [-0.15, -0.1) is 0 Å². The molecule has 0 aliphatic rings. The monoisotopic (exact) mass is 327 g/mol. The van der Waals surface area contributed by atoms with Crippen molar-refractivity contribution in [2.75, 3.05) is 24.8 Å². The summed E-state index contributed by atoms with van der Waals surface area (Å²) in [5, 5.41) is 5.68. The Hall–Kier alpha value is -1.96. The van der Waals surface area contributed by atoms with E-state index in [2.05, 4.69) is 41.5 Å². The van der Waals surface area contributed by atoms with Crippen LogP contribution in [0.2, 0.25) is 0 Å². The molecule has 1 aromatic carbocycles. The highest BCUT2D eigenvalue weighted by Gasteiger charge is 2.08. The fourth-order valence-corrected chi connectivity index (χ4v) is 1.67. The van der Waals surface area contributed by atoms with Gasteiger partial charge in [0, 0.05) is 11.5 Å². The van der Waals surface area contributed by atoms with Gasteiger partial charge in [0.05, 0.1) is 12.8 Å². The number of ether oxygens (including phenoxy) is 1. The summed E-state index contributed by atoms with van der Waals surface area (Å²) in [6.07, 6.45) is 0. The lowest BCUT2D eigenvalue weighted by molar-refractivity contribution is 0.379. The van der Waals surface area contributed by atoms with Crippen LogP contribution in [-0.2, 0) is 0 Å². The number of hydrogen-bond donors (Lipinski definition) is 2. The van der Waals surface area contributed by atoms with E-state index >= 15 is 0 Å². The number of benzene rings is 1. The predicted octanol–water partition coefficient (Wildman–Crippen LogP) is 2.57. The molecule has 0 atom stereocenters. The third kappa shape index (κ3) is 3.28. The summed E-state index contributed by atoms with van der Waals surface area (Å²) in [4.78, 5) is 12.1. The predicted molar refractivity (Wildman–Crippen MR) is 73.3 cm³/mol. The maximum absolute atomic E-state index is 13.2. The van der Waals surface area contributed by atoms with Crippen LogP contribution in [0, 0.1) is 5.82 Å². The highest BCUT2D eigenvalue weighted by molar-refractivity contribution is 9.10. The highest BCUT2D eigenvalue weighted by Crippen LogP contribution is 2.26. The molecule has 19 heavy (non-hydrogen) atoms. The molecule has 0 aliphatic heterocycles. The van der Waals surface area contributed by atoms with Gasteiger partial charge in [-0.3, -0.25) is 0 Å². The van der Waals surface area contributed by atoms with Crippen molar-refractivity contribution in [2.24, 2.45) is 0 Å². The van der Waals surface area contributed by atoms with Gasteiger partial charge >= 0.3 is 6.01 Å². The molecule has 1 heterocycles. The van der Waals surface area contributed by atoms with Crippen molar-refractivity contribution in [3.8, 4) is 6.01 Å². The third-order valence-electron chi connectivity index (χ3n) is 2.20. The average molecular weight is 328 g/mol. The zero-order chi connectivity index (χ0) is 13.8. The fraction of sp³-hybridized carbons (Fsp3) is 0.182. The number of methoxy groups -OCH3 is 1. The molecule has 0 amide bonds. The van der Waals surface area contributed by atoms with Crippen LogP contribution in [0.1, 0.15) is 0 Å². The summed E-state index contributed by atoms with van der Waals surface area (Å²) in [6, 6.07) is 4.44. The first kappa shape index (κ1) is 13.5. The maximum Gasteiger partial charge on any atom is 0.322 e. The molecule has 100 valence electrons. The number of rotatable bonds is 4. The van der Waals surface area contributed by atoms with Crippen molar-refractivity contribution in [3.63, 3.8) is 0 Å². The van der Waals surface area contributed by atoms with Gasteiger partial charge in [-0.2, -0.15) is 15.0 Å². The van der Waals surface area contributed by atoms with E-state index in [0.717, 1.165) is 0 Å². The zero-order valence-electron chi connectivity index (χ0n) is 10.2. The molecule has 0 aliphatic carbocycles. The van der Waals surface area contributed by atoms with Gasteiger partial charge < -0.3 is 15.4 Å². The summed E-state index contributed by atoms with van der Waals surface area (Å²) in [5.41, 5.74) is 0.510. The first-order valence-electron chi connectivity index (χ1n) is 5.32. The normalized spacial score (nSPS) is 10.1. The summed E-state index contributed by atoms with van der Waals surface area (Å²) in [6.45, 7) is 0. The Morgan fingerprint density at radius 3 is 2.63 bits per heavy atom. The topological polar surface area (TPSA) is 72.0 Å². The summed E-state index contributed by atoms with van der Waals surface area (Å²) in [7, 11) is 3.13. The second-order valence-electron chi connectivity index (χ2n) is 3.47. The number of halogens is 2. The van der Waals surface area contributed by atoms with Crippen LogP contribution >= 0.6 is 15.9 Å². The lowest BCUT2D eigenvalue weighted by Crippen LogP contribution is -2.05. The molecule has 2 N–H and O–H groups in total. The molecule has 0 fully saturated rings. The largest absolute Gasteiger partial charge is 0.467 e. The number of anilines is 3. The van der Waals surface area contributed by atoms with E-state index in [4.69, 9.17) is 4.74 Å². The molecule has 2 rings (SSSR count). The van der Waals surface area contributed by atoms with Crippen molar-refractivity contribution < 1.29 is 9.13 Å². The second-order valence-corrected chi connectivity index (χ2v) is 4.32. The smallest absolute Gasteiger partial charge is 0.322 e. The van der Waals surface area contributed by atoms with Crippen LogP contribution in [0.4, 0.5) is 22.0 Å². The first-order valence-corrected chi connectivity index (χ1v) is 6.11. The molecule has 0 radical (unpaired) electrons. The first-order chi connectivity index (χ1) is 9.12. The van der Waals surface area contributed by atoms with Gasteiger partial charge in [-0.25, -0.2) is 4.39 Å². The van der Waals surface area contributed by atoms with E-state index in [1.807, 2.05) is 0 Å². The Morgan fingerprint density at radius 2 is 1.95 bits per heavy atom. The SMILES string of the molecule is CNc1nc(Nc2cc(F)ccc2Br)nc(OC)n1. The van der Waals surface area contributed by atoms with Gasteiger partial charge in [0.2, 0.25) is 11.9 Å². The Kier molecular flexibility index (Phi) is 4.10. The van der Waals surface area contributed by atoms with Crippen LogP contribution in [0.3, 0.4) is 0 Å². The average Bonchev–Trinajstić information content (AvgIpc) is 2.42. The molecular formula is C11H11BrFN5O.